The lowest BCUT2D eigenvalue weighted by Crippen LogP contribution is -2.45. The van der Waals surface area contributed by atoms with Crippen molar-refractivity contribution in [3.8, 4) is 0 Å². The molecular weight excluding hydrogens is 743 g/mol. The second-order valence-corrected chi connectivity index (χ2v) is 18.6. The highest BCUT2D eigenvalue weighted by Crippen LogP contribution is 2.17. The molecule has 0 aliphatic heterocycles. The van der Waals surface area contributed by atoms with Crippen LogP contribution in [0.3, 0.4) is 0 Å². The molecule has 0 saturated carbocycles. The molecule has 6 heteroatoms. The van der Waals surface area contributed by atoms with E-state index in [-0.39, 0.29) is 18.5 Å². The third-order valence-corrected chi connectivity index (χ3v) is 12.6. The van der Waals surface area contributed by atoms with E-state index in [0.717, 1.165) is 44.9 Å². The lowest BCUT2D eigenvalue weighted by Gasteiger charge is -2.22. The first-order valence-corrected chi connectivity index (χ1v) is 26.9. The third kappa shape index (κ3) is 46.1. The first kappa shape index (κ1) is 58.6. The molecule has 0 aromatic carbocycles. The van der Waals surface area contributed by atoms with Gasteiger partial charge in [-0.3, -0.25) is 9.59 Å². The molecule has 0 radical (unpaired) electrons. The zero-order valence-electron chi connectivity index (χ0n) is 40.5. The average Bonchev–Trinajstić information content (AvgIpc) is 3.25. The average molecular weight is 848 g/mol. The summed E-state index contributed by atoms with van der Waals surface area (Å²) in [5, 5.41) is 23.1. The van der Waals surface area contributed by atoms with Crippen molar-refractivity contribution in [2.75, 3.05) is 13.2 Å². The van der Waals surface area contributed by atoms with Crippen LogP contribution >= 0.6 is 0 Å². The standard InChI is InChI=1S/C54H105NO5/c1-3-5-7-9-11-13-14-15-25-28-32-36-40-44-48-54(59)60-49-45-41-37-33-29-26-23-21-19-17-16-18-20-22-24-27-31-35-39-43-47-53(58)55-51(50-56)52(57)46-42-38-34-30-12-10-8-6-4-2/h14-15,51-52,56-57H,3-13,16-50H2,1-2H3,(H,55,58)/b15-14-. The number of nitrogens with one attached hydrogen (secondary N) is 1. The number of rotatable bonds is 50. The fourth-order valence-electron chi connectivity index (χ4n) is 8.40. The van der Waals surface area contributed by atoms with Gasteiger partial charge < -0.3 is 20.3 Å². The molecule has 0 fully saturated rings. The van der Waals surface area contributed by atoms with E-state index in [4.69, 9.17) is 4.74 Å². The molecule has 2 atom stereocenters. The van der Waals surface area contributed by atoms with Crippen molar-refractivity contribution in [2.24, 2.45) is 0 Å². The van der Waals surface area contributed by atoms with Crippen LogP contribution in [0.5, 0.6) is 0 Å². The van der Waals surface area contributed by atoms with Gasteiger partial charge in [0.1, 0.15) is 0 Å². The molecule has 0 aromatic heterocycles. The highest BCUT2D eigenvalue weighted by molar-refractivity contribution is 5.76. The number of ether oxygens (including phenoxy) is 1. The number of amides is 1. The Bertz CT molecular complexity index is 893. The van der Waals surface area contributed by atoms with Gasteiger partial charge in [0.05, 0.1) is 25.4 Å². The molecule has 0 aliphatic carbocycles. The molecule has 3 N–H and O–H groups in total. The van der Waals surface area contributed by atoms with E-state index in [1.165, 1.54) is 218 Å². The smallest absolute Gasteiger partial charge is 0.305 e. The Labute approximate surface area is 374 Å². The summed E-state index contributed by atoms with van der Waals surface area (Å²) in [6.45, 7) is 4.92. The number of allylic oxidation sites excluding steroid dienone is 2. The van der Waals surface area contributed by atoms with Gasteiger partial charge in [-0.25, -0.2) is 0 Å². The van der Waals surface area contributed by atoms with Gasteiger partial charge in [0.25, 0.3) is 0 Å². The second-order valence-electron chi connectivity index (χ2n) is 18.6. The second kappa shape index (κ2) is 50.2. The van der Waals surface area contributed by atoms with Crippen molar-refractivity contribution in [1.82, 2.24) is 5.32 Å². The minimum Gasteiger partial charge on any atom is -0.466 e. The van der Waals surface area contributed by atoms with E-state index in [2.05, 4.69) is 31.3 Å². The molecule has 0 aliphatic rings. The molecular formula is C54H105NO5. The number of esters is 1. The van der Waals surface area contributed by atoms with Gasteiger partial charge >= 0.3 is 5.97 Å². The Balaban J connectivity index is 3.36. The highest BCUT2D eigenvalue weighted by atomic mass is 16.5. The lowest BCUT2D eigenvalue weighted by atomic mass is 10.0. The minimum atomic E-state index is -0.662. The van der Waals surface area contributed by atoms with Gasteiger partial charge in [0.2, 0.25) is 5.91 Å². The normalized spacial score (nSPS) is 12.7. The Morgan fingerprint density at radius 1 is 0.450 bits per heavy atom. The summed E-state index contributed by atoms with van der Waals surface area (Å²) < 4.78 is 5.47. The van der Waals surface area contributed by atoms with Crippen LogP contribution in [0, 0.1) is 0 Å². The van der Waals surface area contributed by atoms with Crippen molar-refractivity contribution in [3.05, 3.63) is 12.2 Å². The quantitative estimate of drug-likeness (QED) is 0.0322. The van der Waals surface area contributed by atoms with E-state index in [1.54, 1.807) is 0 Å². The zero-order valence-corrected chi connectivity index (χ0v) is 40.5. The summed E-state index contributed by atoms with van der Waals surface area (Å²) >= 11 is 0. The van der Waals surface area contributed by atoms with E-state index in [1.807, 2.05) is 0 Å². The van der Waals surface area contributed by atoms with Crippen LogP contribution in [0.1, 0.15) is 296 Å². The van der Waals surface area contributed by atoms with Crippen LogP contribution in [-0.2, 0) is 14.3 Å². The molecule has 0 heterocycles. The van der Waals surface area contributed by atoms with Gasteiger partial charge in [-0.15, -0.1) is 0 Å². The van der Waals surface area contributed by atoms with Crippen LogP contribution in [-0.4, -0.2) is 47.4 Å². The van der Waals surface area contributed by atoms with Gasteiger partial charge in [-0.05, 0) is 51.4 Å². The number of carbonyl (C=O) groups is 2. The maximum Gasteiger partial charge on any atom is 0.305 e. The third-order valence-electron chi connectivity index (χ3n) is 12.6. The predicted molar refractivity (Wildman–Crippen MR) is 260 cm³/mol. The molecule has 0 saturated heterocycles. The monoisotopic (exact) mass is 848 g/mol. The molecule has 0 aromatic rings. The van der Waals surface area contributed by atoms with Crippen molar-refractivity contribution >= 4 is 11.9 Å². The van der Waals surface area contributed by atoms with Crippen molar-refractivity contribution in [2.45, 2.75) is 309 Å². The van der Waals surface area contributed by atoms with E-state index in [0.29, 0.717) is 25.9 Å². The number of hydrogen-bond acceptors (Lipinski definition) is 5. The van der Waals surface area contributed by atoms with Crippen molar-refractivity contribution < 1.29 is 24.5 Å². The van der Waals surface area contributed by atoms with Crippen LogP contribution in [0.15, 0.2) is 12.2 Å². The lowest BCUT2D eigenvalue weighted by molar-refractivity contribution is -0.143. The van der Waals surface area contributed by atoms with Gasteiger partial charge in [-0.1, -0.05) is 244 Å². The van der Waals surface area contributed by atoms with Crippen LogP contribution in [0.2, 0.25) is 0 Å². The van der Waals surface area contributed by atoms with Crippen molar-refractivity contribution in [1.29, 1.82) is 0 Å². The number of aliphatic hydroxyl groups excluding tert-OH is 2. The van der Waals surface area contributed by atoms with Crippen LogP contribution < -0.4 is 5.32 Å². The fourth-order valence-corrected chi connectivity index (χ4v) is 8.40. The number of unbranched alkanes of at least 4 members (excludes halogenated alkanes) is 37. The fraction of sp³-hybridized carbons (Fsp3) is 0.926. The summed E-state index contributed by atoms with van der Waals surface area (Å²) in [4.78, 5) is 24.4. The van der Waals surface area contributed by atoms with Crippen LogP contribution in [0.25, 0.3) is 0 Å². The highest BCUT2D eigenvalue weighted by Gasteiger charge is 2.20. The summed E-state index contributed by atoms with van der Waals surface area (Å²) in [6, 6.07) is -0.540. The van der Waals surface area contributed by atoms with E-state index >= 15 is 0 Å². The Hall–Kier alpha value is -1.40. The Kier molecular flexibility index (Phi) is 49.1. The number of aliphatic hydroxyl groups is 2. The summed E-state index contributed by atoms with van der Waals surface area (Å²) in [5.41, 5.74) is 0. The van der Waals surface area contributed by atoms with Crippen LogP contribution in [0.4, 0.5) is 0 Å². The molecule has 356 valence electrons. The maximum atomic E-state index is 12.4. The molecule has 6 nitrogen and oxygen atoms in total. The molecule has 2 unspecified atom stereocenters. The number of carbonyl (C=O) groups excluding carboxylic acids is 2. The minimum absolute atomic E-state index is 0.00205. The molecule has 0 bridgehead atoms. The SMILES string of the molecule is CCCCCCC/C=C\CCCCCCCC(=O)OCCCCCCCCCCCCCCCCCCCCCCC(=O)NC(CO)C(O)CCCCCCCCCCC. The van der Waals surface area contributed by atoms with Gasteiger partial charge in [-0.2, -0.15) is 0 Å². The number of hydrogen-bond donors (Lipinski definition) is 3. The largest absolute Gasteiger partial charge is 0.466 e. The Morgan fingerprint density at radius 2 is 0.783 bits per heavy atom. The predicted octanol–water partition coefficient (Wildman–Crippen LogP) is 16.1. The topological polar surface area (TPSA) is 95.9 Å². The summed E-state index contributed by atoms with van der Waals surface area (Å²) in [5.74, 6) is -0.0368. The zero-order chi connectivity index (χ0) is 43.7. The van der Waals surface area contributed by atoms with E-state index in [9.17, 15) is 19.8 Å². The Morgan fingerprint density at radius 3 is 1.18 bits per heavy atom. The molecule has 1 amide bonds. The van der Waals surface area contributed by atoms with Gasteiger partial charge in [0, 0.05) is 12.8 Å². The van der Waals surface area contributed by atoms with Gasteiger partial charge in [0.15, 0.2) is 0 Å². The first-order chi connectivity index (χ1) is 29.5. The molecule has 60 heavy (non-hydrogen) atoms. The maximum absolute atomic E-state index is 12.4. The van der Waals surface area contributed by atoms with E-state index < -0.39 is 12.1 Å². The van der Waals surface area contributed by atoms with Crippen molar-refractivity contribution in [3.63, 3.8) is 0 Å². The molecule has 0 spiro atoms. The molecule has 0 rings (SSSR count). The summed E-state index contributed by atoms with van der Waals surface area (Å²) in [7, 11) is 0. The summed E-state index contributed by atoms with van der Waals surface area (Å²) in [6.07, 6.45) is 57.7. The first-order valence-electron chi connectivity index (χ1n) is 26.9.